The molecule has 4 aromatic carbocycles. The van der Waals surface area contributed by atoms with Gasteiger partial charge in [-0.15, -0.1) is 0 Å². The Labute approximate surface area is 401 Å². The van der Waals surface area contributed by atoms with E-state index in [4.69, 9.17) is 5.73 Å². The highest BCUT2D eigenvalue weighted by Gasteiger charge is 2.26. The number of urea groups is 2. The normalized spacial score (nSPS) is 13.4. The number of pyridine rings is 2. The third-order valence-corrected chi connectivity index (χ3v) is 12.1. The molecule has 2 aliphatic heterocycles. The summed E-state index contributed by atoms with van der Waals surface area (Å²) in [6.07, 6.45) is 10.2. The van der Waals surface area contributed by atoms with Crippen LogP contribution in [0.5, 0.6) is 0 Å². The molecule has 2 fully saturated rings. The number of halogens is 2. The number of Topliss-reactive ketones (excluding diaryl/α,β-unsaturated/α-hetero) is 2. The minimum Gasteiger partial charge on any atom is -0.344 e. The van der Waals surface area contributed by atoms with Gasteiger partial charge in [0.1, 0.15) is 0 Å². The Hall–Kier alpha value is -7.65. The summed E-state index contributed by atoms with van der Waals surface area (Å²) in [7, 11) is 0. The van der Waals surface area contributed by atoms with Crippen molar-refractivity contribution < 1.29 is 32.8 Å². The lowest BCUT2D eigenvalue weighted by Crippen LogP contribution is -2.45. The minimum atomic E-state index is -3.17. The Bertz CT molecular complexity index is 2630. The molecule has 0 aliphatic carbocycles. The van der Waals surface area contributed by atoms with E-state index in [-0.39, 0.29) is 36.5 Å². The number of benzene rings is 4. The van der Waals surface area contributed by atoms with Crippen LogP contribution in [-0.4, -0.2) is 95.0 Å². The number of hydrogen-bond donors (Lipinski definition) is 2. The van der Waals surface area contributed by atoms with E-state index in [2.05, 4.69) is 9.97 Å². The first kappa shape index (κ1) is 49.3. The number of amides is 5. The molecule has 13 nitrogen and oxygen atoms in total. The number of alkyl halides is 2. The van der Waals surface area contributed by atoms with Crippen LogP contribution in [0.1, 0.15) is 70.4 Å². The van der Waals surface area contributed by atoms with Gasteiger partial charge in [0.2, 0.25) is 0 Å². The summed E-state index contributed by atoms with van der Waals surface area (Å²) in [5, 5.41) is 1.92. The van der Waals surface area contributed by atoms with Gasteiger partial charge in [0.15, 0.2) is 11.6 Å². The maximum absolute atomic E-state index is 13.5. The highest BCUT2D eigenvalue weighted by atomic mass is 19.3. The highest BCUT2D eigenvalue weighted by molar-refractivity contribution is 6.00. The predicted molar refractivity (Wildman–Crippen MR) is 263 cm³/mol. The summed E-state index contributed by atoms with van der Waals surface area (Å²) in [5.41, 5.74) is 13.7. The second kappa shape index (κ2) is 24.4. The number of anilines is 2. The van der Waals surface area contributed by atoms with Crippen molar-refractivity contribution in [1.29, 1.82) is 0 Å². The largest absolute Gasteiger partial charge is 0.344 e. The summed E-state index contributed by atoms with van der Waals surface area (Å²) in [5.74, 6) is -2.05. The van der Waals surface area contributed by atoms with Crippen LogP contribution in [0.3, 0.4) is 0 Å². The molecule has 0 spiro atoms. The molecule has 0 saturated carbocycles. The van der Waals surface area contributed by atoms with E-state index in [1.165, 1.54) is 6.42 Å². The summed E-state index contributed by atoms with van der Waals surface area (Å²) >= 11 is 0. The summed E-state index contributed by atoms with van der Waals surface area (Å²) in [4.78, 5) is 77.8. The Morgan fingerprint density at radius 2 is 0.942 bits per heavy atom. The lowest BCUT2D eigenvalue weighted by Gasteiger charge is -2.33. The number of ketones is 2. The van der Waals surface area contributed by atoms with Gasteiger partial charge in [-0.2, -0.15) is 8.78 Å². The number of likely N-dealkylation sites (tertiary alicyclic amines) is 2. The molecule has 2 aromatic heterocycles. The number of aromatic nitrogens is 2. The quantitative estimate of drug-likeness (QED) is 0.102. The van der Waals surface area contributed by atoms with E-state index in [9.17, 15) is 32.8 Å². The van der Waals surface area contributed by atoms with E-state index in [0.717, 1.165) is 89.9 Å². The average molecular weight is 935 g/mol. The van der Waals surface area contributed by atoms with Crippen LogP contribution in [0.4, 0.5) is 29.7 Å². The number of nitrogens with two attached hydrogens (primary N) is 1. The topological polar surface area (TPSA) is 162 Å². The first-order valence-corrected chi connectivity index (χ1v) is 23.2. The molecule has 8 rings (SSSR count). The van der Waals surface area contributed by atoms with E-state index in [1.807, 2.05) is 111 Å². The van der Waals surface area contributed by atoms with Crippen molar-refractivity contribution in [2.24, 2.45) is 5.73 Å². The summed E-state index contributed by atoms with van der Waals surface area (Å²) < 4.78 is 24.7. The van der Waals surface area contributed by atoms with Crippen molar-refractivity contribution >= 4 is 40.9 Å². The van der Waals surface area contributed by atoms with Crippen molar-refractivity contribution in [2.75, 3.05) is 49.1 Å². The van der Waals surface area contributed by atoms with Crippen LogP contribution in [0, 0.1) is 0 Å². The zero-order valence-corrected chi connectivity index (χ0v) is 38.4. The third-order valence-electron chi connectivity index (χ3n) is 12.1. The molecule has 5 amide bonds. The van der Waals surface area contributed by atoms with Gasteiger partial charge in [-0.3, -0.25) is 34.2 Å². The summed E-state index contributed by atoms with van der Waals surface area (Å²) in [6, 6.07) is 37.4. The molecule has 3 N–H and O–H groups in total. The zero-order valence-electron chi connectivity index (χ0n) is 38.4. The lowest BCUT2D eigenvalue weighted by atomic mass is 10.1. The van der Waals surface area contributed by atoms with Crippen LogP contribution in [0.2, 0.25) is 0 Å². The molecule has 0 unspecified atom stereocenters. The molecule has 0 radical (unpaired) electrons. The van der Waals surface area contributed by atoms with Gasteiger partial charge >= 0.3 is 18.5 Å². The number of nitrogens with zero attached hydrogens (tertiary/aromatic N) is 6. The van der Waals surface area contributed by atoms with E-state index in [0.29, 0.717) is 25.2 Å². The van der Waals surface area contributed by atoms with Crippen LogP contribution in [0.15, 0.2) is 146 Å². The fraction of sp³-hybridized carbons (Fsp3) is 0.278. The van der Waals surface area contributed by atoms with Crippen molar-refractivity contribution in [2.45, 2.75) is 58.0 Å². The fourth-order valence-electron chi connectivity index (χ4n) is 8.21. The lowest BCUT2D eigenvalue weighted by molar-refractivity contribution is -0.131. The second-order valence-electron chi connectivity index (χ2n) is 16.9. The van der Waals surface area contributed by atoms with Gasteiger partial charge in [0, 0.05) is 73.5 Å². The molecule has 356 valence electrons. The van der Waals surface area contributed by atoms with Crippen molar-refractivity contribution in [3.63, 3.8) is 0 Å². The number of nitrogens with one attached hydrogen (secondary N) is 1. The van der Waals surface area contributed by atoms with Gasteiger partial charge < -0.3 is 20.9 Å². The Balaban J connectivity index is 0.000000206. The van der Waals surface area contributed by atoms with Gasteiger partial charge in [-0.1, -0.05) is 84.9 Å². The minimum absolute atomic E-state index is 0.0117. The predicted octanol–water partition coefficient (Wildman–Crippen LogP) is 9.43. The molecular formula is C54H56F2N8O5. The molecule has 0 atom stereocenters. The standard InChI is InChI=1S/C28H28F2N4O3.C26H28N4O2/c29-26(30)27(36)32-18-25(35)22-8-6-20(7-9-22)19-34(28(37)33-15-2-1-3-16-33)24-12-10-21(11-13-24)23-5-4-14-31-17-23;27-17-25(31)22-8-6-20(7-9-22)19-30(26(32)29-15-2-1-3-16-29)24-12-10-21(11-13-24)23-5-4-14-28-18-23/h4-14,17,26H,1-3,15-16,18-19H2,(H,32,36);4-14,18H,1-3,15-17,19,27H2. The number of hydrogen-bond acceptors (Lipinski definition) is 8. The van der Waals surface area contributed by atoms with Crippen molar-refractivity contribution in [3.8, 4) is 22.3 Å². The molecule has 6 aromatic rings. The molecule has 2 aliphatic rings. The molecule has 2 saturated heterocycles. The zero-order chi connectivity index (χ0) is 48.5. The van der Waals surface area contributed by atoms with Crippen LogP contribution in [-0.2, 0) is 17.9 Å². The monoisotopic (exact) mass is 934 g/mol. The molecule has 0 bridgehead atoms. The summed E-state index contributed by atoms with van der Waals surface area (Å²) in [6.45, 7) is 3.19. The van der Waals surface area contributed by atoms with Gasteiger partial charge in [-0.05, 0) is 108 Å². The Morgan fingerprint density at radius 1 is 0.536 bits per heavy atom. The Kier molecular flexibility index (Phi) is 17.4. The molecule has 4 heterocycles. The van der Waals surface area contributed by atoms with Gasteiger partial charge in [0.05, 0.1) is 26.2 Å². The third kappa shape index (κ3) is 13.5. The SMILES string of the molecule is NCC(=O)c1ccc(CN(C(=O)N2CCCCC2)c2ccc(-c3cccnc3)cc2)cc1.O=C(CNC(=O)C(F)F)c1ccc(CN(C(=O)N2CCCCC2)c2ccc(-c3cccnc3)cc2)cc1. The van der Waals surface area contributed by atoms with Crippen molar-refractivity contribution in [3.05, 3.63) is 168 Å². The molecular weight excluding hydrogens is 879 g/mol. The maximum atomic E-state index is 13.5. The molecule has 69 heavy (non-hydrogen) atoms. The van der Waals surface area contributed by atoms with Crippen LogP contribution in [0.25, 0.3) is 22.3 Å². The van der Waals surface area contributed by atoms with E-state index >= 15 is 0 Å². The fourth-order valence-corrected chi connectivity index (χ4v) is 8.21. The second-order valence-corrected chi connectivity index (χ2v) is 16.9. The smallest absolute Gasteiger partial charge is 0.324 e. The van der Waals surface area contributed by atoms with E-state index in [1.54, 1.807) is 59.9 Å². The van der Waals surface area contributed by atoms with Crippen LogP contribution < -0.4 is 20.9 Å². The maximum Gasteiger partial charge on any atom is 0.324 e. The van der Waals surface area contributed by atoms with Crippen LogP contribution >= 0.6 is 0 Å². The number of carbonyl (C=O) groups excluding carboxylic acids is 5. The average Bonchev–Trinajstić information content (AvgIpc) is 3.42. The molecule has 15 heteroatoms. The first-order chi connectivity index (χ1) is 33.6. The number of piperidine rings is 2. The number of rotatable bonds is 14. The van der Waals surface area contributed by atoms with E-state index < -0.39 is 24.7 Å². The van der Waals surface area contributed by atoms with Crippen molar-refractivity contribution in [1.82, 2.24) is 25.1 Å². The van der Waals surface area contributed by atoms with Gasteiger partial charge in [0.25, 0.3) is 5.91 Å². The Morgan fingerprint density at radius 3 is 1.30 bits per heavy atom. The van der Waals surface area contributed by atoms with Gasteiger partial charge in [-0.25, -0.2) is 9.59 Å². The first-order valence-electron chi connectivity index (χ1n) is 23.2. The number of carbonyl (C=O) groups is 5. The highest BCUT2D eigenvalue weighted by Crippen LogP contribution is 2.28.